The van der Waals surface area contributed by atoms with Gasteiger partial charge in [0.15, 0.2) is 0 Å². The Morgan fingerprint density at radius 1 is 1.08 bits per heavy atom. The van der Waals surface area contributed by atoms with Crippen molar-refractivity contribution in [2.75, 3.05) is 33.7 Å². The van der Waals surface area contributed by atoms with Gasteiger partial charge in [-0.2, -0.15) is 0 Å². The van der Waals surface area contributed by atoms with Crippen LogP contribution in [0.2, 0.25) is 0 Å². The van der Waals surface area contributed by atoms with E-state index in [9.17, 15) is 9.59 Å². The van der Waals surface area contributed by atoms with E-state index in [2.05, 4.69) is 28.4 Å². The number of fused-ring (bicyclic) bond motifs is 1. The molecule has 1 aliphatic heterocycles. The summed E-state index contributed by atoms with van der Waals surface area (Å²) >= 11 is 0. The molecular formula is C21H31N3O2. The highest BCUT2D eigenvalue weighted by Gasteiger charge is 2.33. The minimum atomic E-state index is 0.0725. The Morgan fingerprint density at radius 2 is 1.73 bits per heavy atom. The molecule has 2 aliphatic rings. The molecule has 0 bridgehead atoms. The standard InChI is InChI=1S/C21H31N3O2/c1-23(2)14-12-22-20(25)17-7-9-18(10-8-17)21(26)24-13-11-16-5-3-4-6-19(16)15-24/h3-6,17-18H,7-15H2,1-2H3,(H,22,25). The number of carbonyl (C=O) groups is 2. The smallest absolute Gasteiger partial charge is 0.225 e. The summed E-state index contributed by atoms with van der Waals surface area (Å²) in [7, 11) is 4.00. The molecule has 1 N–H and O–H groups in total. The van der Waals surface area contributed by atoms with Gasteiger partial charge in [0.1, 0.15) is 0 Å². The summed E-state index contributed by atoms with van der Waals surface area (Å²) in [5, 5.41) is 3.03. The SMILES string of the molecule is CN(C)CCNC(=O)C1CCC(C(=O)N2CCc3ccccc3C2)CC1. The first-order valence-electron chi connectivity index (χ1n) is 9.82. The van der Waals surface area contributed by atoms with Crippen LogP contribution in [0.4, 0.5) is 0 Å². The molecule has 5 heteroatoms. The predicted molar refractivity (Wildman–Crippen MR) is 103 cm³/mol. The van der Waals surface area contributed by atoms with E-state index in [1.54, 1.807) is 0 Å². The Kier molecular flexibility index (Phi) is 6.30. The number of nitrogens with one attached hydrogen (secondary N) is 1. The summed E-state index contributed by atoms with van der Waals surface area (Å²) in [5.41, 5.74) is 2.65. The van der Waals surface area contributed by atoms with Crippen molar-refractivity contribution in [3.63, 3.8) is 0 Å². The highest BCUT2D eigenvalue weighted by molar-refractivity contribution is 5.81. The number of hydrogen-bond donors (Lipinski definition) is 1. The molecule has 1 fully saturated rings. The Bertz CT molecular complexity index is 636. The van der Waals surface area contributed by atoms with Crippen LogP contribution in [-0.2, 0) is 22.6 Å². The van der Waals surface area contributed by atoms with Gasteiger partial charge in [0.2, 0.25) is 11.8 Å². The predicted octanol–water partition coefficient (Wildman–Crippen LogP) is 2.06. The lowest BCUT2D eigenvalue weighted by Gasteiger charge is -2.34. The third-order valence-electron chi connectivity index (χ3n) is 5.75. The number of carbonyl (C=O) groups excluding carboxylic acids is 2. The van der Waals surface area contributed by atoms with Gasteiger partial charge >= 0.3 is 0 Å². The Balaban J connectivity index is 1.46. The minimum absolute atomic E-state index is 0.0725. The zero-order valence-electron chi connectivity index (χ0n) is 16.0. The molecule has 1 aromatic rings. The number of rotatable bonds is 5. The molecule has 0 saturated heterocycles. The summed E-state index contributed by atoms with van der Waals surface area (Å²) in [5.74, 6) is 0.602. The van der Waals surface area contributed by atoms with Crippen molar-refractivity contribution in [3.8, 4) is 0 Å². The van der Waals surface area contributed by atoms with E-state index in [0.717, 1.165) is 51.7 Å². The molecule has 1 saturated carbocycles. The Morgan fingerprint density at radius 3 is 2.42 bits per heavy atom. The molecule has 0 spiro atoms. The zero-order valence-corrected chi connectivity index (χ0v) is 16.0. The third-order valence-corrected chi connectivity index (χ3v) is 5.75. The van der Waals surface area contributed by atoms with Crippen LogP contribution in [0.3, 0.4) is 0 Å². The molecule has 0 aromatic heterocycles. The first-order valence-corrected chi connectivity index (χ1v) is 9.82. The van der Waals surface area contributed by atoms with Gasteiger partial charge in [-0.1, -0.05) is 24.3 Å². The van der Waals surface area contributed by atoms with Crippen molar-refractivity contribution >= 4 is 11.8 Å². The maximum Gasteiger partial charge on any atom is 0.225 e. The van der Waals surface area contributed by atoms with Crippen molar-refractivity contribution in [2.45, 2.75) is 38.6 Å². The van der Waals surface area contributed by atoms with Crippen molar-refractivity contribution in [1.82, 2.24) is 15.1 Å². The monoisotopic (exact) mass is 357 g/mol. The fourth-order valence-corrected chi connectivity index (χ4v) is 4.09. The van der Waals surface area contributed by atoms with E-state index in [0.29, 0.717) is 6.54 Å². The van der Waals surface area contributed by atoms with Gasteiger partial charge in [-0.05, 0) is 57.3 Å². The summed E-state index contributed by atoms with van der Waals surface area (Å²) < 4.78 is 0. The average Bonchev–Trinajstić information content (AvgIpc) is 2.66. The van der Waals surface area contributed by atoms with Crippen molar-refractivity contribution in [2.24, 2.45) is 11.8 Å². The van der Waals surface area contributed by atoms with E-state index >= 15 is 0 Å². The molecule has 26 heavy (non-hydrogen) atoms. The van der Waals surface area contributed by atoms with Gasteiger partial charge in [0, 0.05) is 38.0 Å². The van der Waals surface area contributed by atoms with E-state index in [4.69, 9.17) is 0 Å². The fraction of sp³-hybridized carbons (Fsp3) is 0.619. The molecule has 1 aromatic carbocycles. The second kappa shape index (κ2) is 8.67. The highest BCUT2D eigenvalue weighted by atomic mass is 16.2. The van der Waals surface area contributed by atoms with Crippen LogP contribution in [-0.4, -0.2) is 55.3 Å². The van der Waals surface area contributed by atoms with Gasteiger partial charge in [0.05, 0.1) is 0 Å². The van der Waals surface area contributed by atoms with Crippen LogP contribution in [0.25, 0.3) is 0 Å². The van der Waals surface area contributed by atoms with Crippen LogP contribution in [0.15, 0.2) is 24.3 Å². The maximum absolute atomic E-state index is 12.9. The molecule has 0 radical (unpaired) electrons. The van der Waals surface area contributed by atoms with Crippen molar-refractivity contribution in [3.05, 3.63) is 35.4 Å². The van der Waals surface area contributed by atoms with Crippen LogP contribution in [0, 0.1) is 11.8 Å². The Hall–Kier alpha value is -1.88. The largest absolute Gasteiger partial charge is 0.355 e. The number of nitrogens with zero attached hydrogens (tertiary/aromatic N) is 2. The molecular weight excluding hydrogens is 326 g/mol. The molecule has 1 heterocycles. The number of benzene rings is 1. The zero-order chi connectivity index (χ0) is 18.5. The maximum atomic E-state index is 12.9. The molecule has 142 valence electrons. The van der Waals surface area contributed by atoms with E-state index in [1.807, 2.05) is 25.1 Å². The highest BCUT2D eigenvalue weighted by Crippen LogP contribution is 2.31. The summed E-state index contributed by atoms with van der Waals surface area (Å²) in [6, 6.07) is 8.41. The van der Waals surface area contributed by atoms with Gasteiger partial charge in [-0.3, -0.25) is 9.59 Å². The summed E-state index contributed by atoms with van der Waals surface area (Å²) in [6.07, 6.45) is 4.28. The summed E-state index contributed by atoms with van der Waals surface area (Å²) in [4.78, 5) is 29.3. The molecule has 1 aliphatic carbocycles. The van der Waals surface area contributed by atoms with Crippen LogP contribution in [0.1, 0.15) is 36.8 Å². The number of amides is 2. The molecule has 2 amide bonds. The fourth-order valence-electron chi connectivity index (χ4n) is 4.09. The molecule has 3 rings (SSSR count). The van der Waals surface area contributed by atoms with Gasteiger partial charge in [0.25, 0.3) is 0 Å². The molecule has 5 nitrogen and oxygen atoms in total. The average molecular weight is 357 g/mol. The lowest BCUT2D eigenvalue weighted by Crippen LogP contribution is -2.42. The van der Waals surface area contributed by atoms with E-state index in [1.165, 1.54) is 11.1 Å². The van der Waals surface area contributed by atoms with E-state index in [-0.39, 0.29) is 23.7 Å². The van der Waals surface area contributed by atoms with Gasteiger partial charge in [-0.25, -0.2) is 0 Å². The first kappa shape index (κ1) is 18.9. The second-order valence-corrected chi connectivity index (χ2v) is 7.92. The Labute approximate surface area is 156 Å². The van der Waals surface area contributed by atoms with Crippen LogP contribution >= 0.6 is 0 Å². The number of likely N-dealkylation sites (N-methyl/N-ethyl adjacent to an activating group) is 1. The van der Waals surface area contributed by atoms with Crippen molar-refractivity contribution < 1.29 is 9.59 Å². The second-order valence-electron chi connectivity index (χ2n) is 7.92. The van der Waals surface area contributed by atoms with Crippen molar-refractivity contribution in [1.29, 1.82) is 0 Å². The quantitative estimate of drug-likeness (QED) is 0.878. The molecule has 0 unspecified atom stereocenters. The van der Waals surface area contributed by atoms with Crippen LogP contribution in [0.5, 0.6) is 0 Å². The summed E-state index contributed by atoms with van der Waals surface area (Å²) in [6.45, 7) is 3.11. The first-order chi connectivity index (χ1) is 12.5. The normalized spacial score (nSPS) is 22.8. The third kappa shape index (κ3) is 4.64. The minimum Gasteiger partial charge on any atom is -0.355 e. The number of hydrogen-bond acceptors (Lipinski definition) is 3. The lowest BCUT2D eigenvalue weighted by molar-refractivity contribution is -0.139. The van der Waals surface area contributed by atoms with Gasteiger partial charge in [-0.15, -0.1) is 0 Å². The van der Waals surface area contributed by atoms with Gasteiger partial charge < -0.3 is 15.1 Å². The van der Waals surface area contributed by atoms with E-state index < -0.39 is 0 Å². The lowest BCUT2D eigenvalue weighted by atomic mass is 9.80. The van der Waals surface area contributed by atoms with Crippen LogP contribution < -0.4 is 5.32 Å². The topological polar surface area (TPSA) is 52.7 Å². The molecule has 0 atom stereocenters.